The molecule has 1 amide bonds. The molecule has 4 N–H and O–H groups in total. The predicted octanol–water partition coefficient (Wildman–Crippen LogP) is 2.61. The Labute approximate surface area is 169 Å². The molecule has 0 spiro atoms. The van der Waals surface area contributed by atoms with Gasteiger partial charge in [-0.15, -0.1) is 0 Å². The van der Waals surface area contributed by atoms with E-state index in [9.17, 15) is 10.2 Å². The summed E-state index contributed by atoms with van der Waals surface area (Å²) in [5, 5.41) is 20.1. The van der Waals surface area contributed by atoms with E-state index in [0.29, 0.717) is 24.3 Å². The van der Waals surface area contributed by atoms with Gasteiger partial charge in [0, 0.05) is 17.9 Å². The van der Waals surface area contributed by atoms with E-state index in [1.54, 1.807) is 7.11 Å². The fourth-order valence-corrected chi connectivity index (χ4v) is 3.40. The number of methoxy groups -OCH3 is 1. The van der Waals surface area contributed by atoms with Crippen molar-refractivity contribution in [2.45, 2.75) is 37.6 Å². The lowest BCUT2D eigenvalue weighted by atomic mass is 9.94. The van der Waals surface area contributed by atoms with E-state index in [1.807, 2.05) is 42.5 Å². The van der Waals surface area contributed by atoms with Crippen molar-refractivity contribution >= 4 is 18.0 Å². The molecule has 0 aromatic heterocycles. The first-order valence-electron chi connectivity index (χ1n) is 9.01. The highest BCUT2D eigenvalue weighted by molar-refractivity contribution is 6.31. The molecule has 7 heteroatoms. The van der Waals surface area contributed by atoms with Crippen LogP contribution in [-0.2, 0) is 16.0 Å². The molecule has 1 saturated heterocycles. The van der Waals surface area contributed by atoms with Crippen molar-refractivity contribution < 1.29 is 24.5 Å². The van der Waals surface area contributed by atoms with Crippen molar-refractivity contribution in [1.82, 2.24) is 0 Å². The molecule has 2 aromatic carbocycles. The van der Waals surface area contributed by atoms with Crippen LogP contribution in [0.25, 0.3) is 0 Å². The van der Waals surface area contributed by atoms with Crippen LogP contribution < -0.4 is 10.5 Å². The van der Waals surface area contributed by atoms with Crippen LogP contribution in [0.1, 0.15) is 35.6 Å². The highest BCUT2D eigenvalue weighted by Crippen LogP contribution is 2.33. The Morgan fingerprint density at radius 1 is 1.25 bits per heavy atom. The third kappa shape index (κ3) is 6.21. The molecule has 0 aliphatic carbocycles. The number of ether oxygens (including phenoxy) is 2. The van der Waals surface area contributed by atoms with E-state index in [1.165, 1.54) is 0 Å². The van der Waals surface area contributed by atoms with Crippen LogP contribution in [0.3, 0.4) is 0 Å². The summed E-state index contributed by atoms with van der Waals surface area (Å²) in [5.41, 5.74) is 7.29. The van der Waals surface area contributed by atoms with Gasteiger partial charge in [-0.2, -0.15) is 0 Å². The first kappa shape index (κ1) is 22.2. The zero-order valence-corrected chi connectivity index (χ0v) is 16.5. The van der Waals surface area contributed by atoms with Crippen molar-refractivity contribution in [3.63, 3.8) is 0 Å². The number of carbonyl (C=O) groups is 1. The number of benzene rings is 2. The lowest BCUT2D eigenvalue weighted by Crippen LogP contribution is -2.33. The quantitative estimate of drug-likeness (QED) is 0.661. The minimum atomic E-state index is -0.461. The smallest absolute Gasteiger partial charge is 0.204 e. The molecule has 28 heavy (non-hydrogen) atoms. The third-order valence-corrected chi connectivity index (χ3v) is 4.95. The van der Waals surface area contributed by atoms with Gasteiger partial charge in [-0.25, -0.2) is 0 Å². The average Bonchev–Trinajstić information content (AvgIpc) is 2.70. The number of primary amides is 1. The van der Waals surface area contributed by atoms with Crippen LogP contribution in [0.4, 0.5) is 0 Å². The molecule has 1 aliphatic rings. The van der Waals surface area contributed by atoms with Gasteiger partial charge in [0.2, 0.25) is 6.41 Å². The molecule has 0 bridgehead atoms. The molecule has 1 heterocycles. The maximum atomic E-state index is 10.0. The molecular formula is C21H26ClNO5. The van der Waals surface area contributed by atoms with Gasteiger partial charge >= 0.3 is 0 Å². The molecule has 3 unspecified atom stereocenters. The van der Waals surface area contributed by atoms with Gasteiger partial charge in [0.05, 0.1) is 32.0 Å². The van der Waals surface area contributed by atoms with Gasteiger partial charge in [-0.05, 0) is 41.3 Å². The zero-order valence-electron chi connectivity index (χ0n) is 15.8. The maximum Gasteiger partial charge on any atom is 0.204 e. The van der Waals surface area contributed by atoms with Crippen molar-refractivity contribution in [1.29, 1.82) is 0 Å². The van der Waals surface area contributed by atoms with Crippen LogP contribution >= 0.6 is 11.6 Å². The summed E-state index contributed by atoms with van der Waals surface area (Å²) in [6.45, 7) is -0.0835. The van der Waals surface area contributed by atoms with Crippen molar-refractivity contribution in [3.05, 3.63) is 64.2 Å². The standard InChI is InChI=1S/C20H23ClO4.CH3NO/c1-24-17-5-2-13(3-6-17)8-15-9-14(4-7-19(15)21)20-11-16(23)10-18(12-22)25-20;2-1-3/h2-7,9,16,18,20,22-23H,8,10-12H2,1H3;1H,(H2,2,3). The lowest BCUT2D eigenvalue weighted by molar-refractivity contribution is -0.113. The molecule has 6 nitrogen and oxygen atoms in total. The number of halogens is 1. The van der Waals surface area contributed by atoms with Crippen LogP contribution in [0, 0.1) is 0 Å². The Hall–Kier alpha value is -2.12. The molecule has 152 valence electrons. The molecule has 0 radical (unpaired) electrons. The minimum Gasteiger partial charge on any atom is -0.497 e. The van der Waals surface area contributed by atoms with Gasteiger partial charge in [0.25, 0.3) is 0 Å². The van der Waals surface area contributed by atoms with Crippen LogP contribution in [0.5, 0.6) is 5.75 Å². The third-order valence-electron chi connectivity index (χ3n) is 4.58. The first-order valence-corrected chi connectivity index (χ1v) is 9.39. The highest BCUT2D eigenvalue weighted by Gasteiger charge is 2.29. The van der Waals surface area contributed by atoms with Gasteiger partial charge in [0.1, 0.15) is 5.75 Å². The van der Waals surface area contributed by atoms with Gasteiger partial charge in [0.15, 0.2) is 0 Å². The number of aliphatic hydroxyl groups excluding tert-OH is 2. The summed E-state index contributed by atoms with van der Waals surface area (Å²) < 4.78 is 11.1. The Balaban J connectivity index is 0.000000878. The highest BCUT2D eigenvalue weighted by atomic mass is 35.5. The van der Waals surface area contributed by atoms with E-state index < -0.39 is 6.10 Å². The number of rotatable bonds is 5. The summed E-state index contributed by atoms with van der Waals surface area (Å²) in [6.07, 6.45) is 0.938. The molecule has 0 saturated carbocycles. The molecule has 2 aromatic rings. The van der Waals surface area contributed by atoms with Gasteiger partial charge < -0.3 is 25.4 Å². The largest absolute Gasteiger partial charge is 0.497 e. The number of aliphatic hydroxyl groups is 2. The Morgan fingerprint density at radius 3 is 2.54 bits per heavy atom. The normalized spacial score (nSPS) is 21.4. The number of carbonyl (C=O) groups excluding carboxylic acids is 1. The minimum absolute atomic E-state index is 0.0835. The maximum absolute atomic E-state index is 10.0. The monoisotopic (exact) mass is 407 g/mol. The van der Waals surface area contributed by atoms with E-state index in [-0.39, 0.29) is 25.2 Å². The summed E-state index contributed by atoms with van der Waals surface area (Å²) >= 11 is 6.37. The molecule has 3 rings (SSSR count). The number of hydrogen-bond donors (Lipinski definition) is 3. The summed E-state index contributed by atoms with van der Waals surface area (Å²) in [4.78, 5) is 8.58. The predicted molar refractivity (Wildman–Crippen MR) is 107 cm³/mol. The first-order chi connectivity index (χ1) is 13.5. The Kier molecular flexibility index (Phi) is 8.73. The summed E-state index contributed by atoms with van der Waals surface area (Å²) in [5.74, 6) is 0.822. The van der Waals surface area contributed by atoms with E-state index in [0.717, 1.165) is 22.4 Å². The number of nitrogens with two attached hydrogens (primary N) is 1. The average molecular weight is 408 g/mol. The number of amides is 1. The summed E-state index contributed by atoms with van der Waals surface area (Å²) in [7, 11) is 1.65. The fourth-order valence-electron chi connectivity index (χ4n) is 3.22. The molecule has 3 atom stereocenters. The zero-order chi connectivity index (χ0) is 20.5. The van der Waals surface area contributed by atoms with Crippen LogP contribution in [0.15, 0.2) is 42.5 Å². The van der Waals surface area contributed by atoms with E-state index >= 15 is 0 Å². The second-order valence-electron chi connectivity index (χ2n) is 6.57. The Morgan fingerprint density at radius 2 is 1.93 bits per heavy atom. The van der Waals surface area contributed by atoms with Crippen molar-refractivity contribution in [2.24, 2.45) is 5.73 Å². The summed E-state index contributed by atoms with van der Waals surface area (Å²) in [6, 6.07) is 13.7. The molecular weight excluding hydrogens is 382 g/mol. The second-order valence-corrected chi connectivity index (χ2v) is 6.97. The Bertz CT molecular complexity index is 753. The van der Waals surface area contributed by atoms with E-state index in [2.05, 4.69) is 5.73 Å². The van der Waals surface area contributed by atoms with Crippen LogP contribution in [0.2, 0.25) is 5.02 Å². The van der Waals surface area contributed by atoms with Crippen molar-refractivity contribution in [2.75, 3.05) is 13.7 Å². The van der Waals surface area contributed by atoms with Crippen LogP contribution in [-0.4, -0.2) is 42.5 Å². The van der Waals surface area contributed by atoms with E-state index in [4.69, 9.17) is 25.9 Å². The van der Waals surface area contributed by atoms with Gasteiger partial charge in [-0.1, -0.05) is 35.9 Å². The topological polar surface area (TPSA) is 102 Å². The SMILES string of the molecule is COc1ccc(Cc2cc(C3CC(O)CC(CO)O3)ccc2Cl)cc1.NC=O. The molecule has 1 fully saturated rings. The molecule has 1 aliphatic heterocycles. The van der Waals surface area contributed by atoms with Crippen molar-refractivity contribution in [3.8, 4) is 5.75 Å². The number of hydrogen-bond acceptors (Lipinski definition) is 5. The fraction of sp³-hybridized carbons (Fsp3) is 0.381. The van der Waals surface area contributed by atoms with Gasteiger partial charge in [-0.3, -0.25) is 4.79 Å². The second kappa shape index (κ2) is 11.0. The lowest BCUT2D eigenvalue weighted by Gasteiger charge is -2.32.